The Balaban J connectivity index is 1.70. The maximum absolute atomic E-state index is 12.2. The predicted octanol–water partition coefficient (Wildman–Crippen LogP) is 1.21. The summed E-state index contributed by atoms with van der Waals surface area (Å²) in [4.78, 5) is 31.3. The molecule has 24 heavy (non-hydrogen) atoms. The van der Waals surface area contributed by atoms with Gasteiger partial charge in [-0.2, -0.15) is 4.52 Å². The molecular weight excluding hydrogens is 326 g/mol. The number of piperidine rings is 1. The monoisotopic (exact) mass is 347 g/mol. The second-order valence-electron chi connectivity index (χ2n) is 6.54. The lowest BCUT2D eigenvalue weighted by molar-refractivity contribution is -0.119. The van der Waals surface area contributed by atoms with Crippen LogP contribution in [0.15, 0.2) is 10.9 Å². The molecule has 0 aromatic carbocycles. The molecule has 128 valence electrons. The van der Waals surface area contributed by atoms with Gasteiger partial charge in [-0.15, -0.1) is 5.10 Å². The minimum Gasteiger partial charge on any atom is -0.356 e. The molecule has 2 aromatic heterocycles. The van der Waals surface area contributed by atoms with Crippen molar-refractivity contribution in [3.63, 3.8) is 0 Å². The van der Waals surface area contributed by atoms with E-state index < -0.39 is 0 Å². The zero-order valence-electron chi connectivity index (χ0n) is 13.7. The Morgan fingerprint density at radius 3 is 3.00 bits per heavy atom. The number of aryl methyl sites for hydroxylation is 1. The highest BCUT2D eigenvalue weighted by Gasteiger charge is 2.36. The predicted molar refractivity (Wildman–Crippen MR) is 92.6 cm³/mol. The highest BCUT2D eigenvalue weighted by Crippen LogP contribution is 2.33. The van der Waals surface area contributed by atoms with Crippen LogP contribution in [0, 0.1) is 5.92 Å². The molecule has 1 N–H and O–H groups in total. The van der Waals surface area contributed by atoms with Crippen molar-refractivity contribution in [2.24, 2.45) is 5.92 Å². The van der Waals surface area contributed by atoms with E-state index in [4.69, 9.17) is 0 Å². The molecule has 0 spiro atoms. The first-order chi connectivity index (χ1) is 11.7. The van der Waals surface area contributed by atoms with Crippen molar-refractivity contribution in [3.8, 4) is 0 Å². The van der Waals surface area contributed by atoms with Crippen LogP contribution < -0.4 is 15.8 Å². The van der Waals surface area contributed by atoms with Crippen LogP contribution in [-0.2, 0) is 11.2 Å². The Kier molecular flexibility index (Phi) is 3.99. The van der Waals surface area contributed by atoms with Gasteiger partial charge in [0.1, 0.15) is 0 Å². The van der Waals surface area contributed by atoms with E-state index in [0.717, 1.165) is 43.2 Å². The van der Waals surface area contributed by atoms with E-state index in [0.29, 0.717) is 23.3 Å². The van der Waals surface area contributed by atoms with Gasteiger partial charge in [0.2, 0.25) is 16.0 Å². The Morgan fingerprint density at radius 1 is 1.38 bits per heavy atom. The van der Waals surface area contributed by atoms with Gasteiger partial charge in [0.15, 0.2) is 0 Å². The number of carbonyl (C=O) groups is 1. The molecular formula is C16H21N5O2S. The Morgan fingerprint density at radius 2 is 2.25 bits per heavy atom. The second-order valence-corrected chi connectivity index (χ2v) is 7.48. The van der Waals surface area contributed by atoms with Crippen LogP contribution >= 0.6 is 11.3 Å². The summed E-state index contributed by atoms with van der Waals surface area (Å²) < 4.78 is 1.41. The number of carbonyl (C=O) groups excluding carboxylic acids is 1. The largest absolute Gasteiger partial charge is 0.356 e. The molecule has 2 unspecified atom stereocenters. The fourth-order valence-corrected chi connectivity index (χ4v) is 4.74. The molecule has 7 nitrogen and oxygen atoms in total. The highest BCUT2D eigenvalue weighted by molar-refractivity contribution is 7.20. The molecule has 2 aliphatic heterocycles. The van der Waals surface area contributed by atoms with E-state index in [9.17, 15) is 9.59 Å². The summed E-state index contributed by atoms with van der Waals surface area (Å²) in [5.41, 5.74) is 0.682. The van der Waals surface area contributed by atoms with E-state index in [-0.39, 0.29) is 11.5 Å². The summed E-state index contributed by atoms with van der Waals surface area (Å²) in [6, 6.07) is 1.86. The molecule has 0 saturated carbocycles. The van der Waals surface area contributed by atoms with Crippen molar-refractivity contribution in [1.29, 1.82) is 0 Å². The first-order valence-corrected chi connectivity index (χ1v) is 9.40. The van der Waals surface area contributed by atoms with Gasteiger partial charge in [0, 0.05) is 43.2 Å². The summed E-state index contributed by atoms with van der Waals surface area (Å²) in [7, 11) is 0. The average Bonchev–Trinajstić information content (AvgIpc) is 3.21. The summed E-state index contributed by atoms with van der Waals surface area (Å²) in [5, 5.41) is 8.32. The third kappa shape index (κ3) is 2.68. The highest BCUT2D eigenvalue weighted by atomic mass is 32.1. The van der Waals surface area contributed by atoms with E-state index >= 15 is 0 Å². The number of amides is 1. The van der Waals surface area contributed by atoms with Crippen molar-refractivity contribution >= 4 is 27.3 Å². The standard InChI is InChI=1S/C16H21N5O2S/c1-2-11-8-14(23)21-15(18-11)24-16(19-21)20-6-4-3-5-12(20)10-7-13(22)17-9-10/h8,10,12H,2-7,9H2,1H3,(H,17,22). The molecule has 8 heteroatoms. The van der Waals surface area contributed by atoms with Gasteiger partial charge in [0.25, 0.3) is 5.56 Å². The lowest BCUT2D eigenvalue weighted by Gasteiger charge is -2.38. The fourth-order valence-electron chi connectivity index (χ4n) is 3.73. The van der Waals surface area contributed by atoms with Gasteiger partial charge in [-0.25, -0.2) is 4.98 Å². The average molecular weight is 347 g/mol. The molecule has 4 heterocycles. The molecule has 0 radical (unpaired) electrons. The smallest absolute Gasteiger partial charge is 0.275 e. The van der Waals surface area contributed by atoms with Crippen molar-refractivity contribution in [2.75, 3.05) is 18.0 Å². The summed E-state index contributed by atoms with van der Waals surface area (Å²) in [6.45, 7) is 3.65. The number of aromatic nitrogens is 3. The van der Waals surface area contributed by atoms with Gasteiger partial charge in [-0.05, 0) is 25.7 Å². The van der Waals surface area contributed by atoms with E-state index in [1.807, 2.05) is 6.92 Å². The van der Waals surface area contributed by atoms with Crippen LogP contribution in [0.2, 0.25) is 0 Å². The lowest BCUT2D eigenvalue weighted by atomic mass is 9.90. The van der Waals surface area contributed by atoms with Gasteiger partial charge in [-0.3, -0.25) is 9.59 Å². The SMILES string of the molecule is CCc1cc(=O)n2nc(N3CCCCC3C3CNC(=O)C3)sc2n1. The van der Waals surface area contributed by atoms with Crippen LogP contribution in [-0.4, -0.2) is 39.6 Å². The van der Waals surface area contributed by atoms with Crippen LogP contribution in [0.4, 0.5) is 5.13 Å². The maximum atomic E-state index is 12.2. The van der Waals surface area contributed by atoms with Crippen molar-refractivity contribution in [2.45, 2.75) is 45.1 Å². The topological polar surface area (TPSA) is 79.6 Å². The number of nitrogens with zero attached hydrogens (tertiary/aromatic N) is 4. The normalized spacial score (nSPS) is 24.5. The second kappa shape index (κ2) is 6.16. The maximum Gasteiger partial charge on any atom is 0.275 e. The minimum atomic E-state index is -0.120. The summed E-state index contributed by atoms with van der Waals surface area (Å²) >= 11 is 1.47. The van der Waals surface area contributed by atoms with Crippen molar-refractivity contribution in [3.05, 3.63) is 22.1 Å². The van der Waals surface area contributed by atoms with Gasteiger partial charge in [-0.1, -0.05) is 18.3 Å². The summed E-state index contributed by atoms with van der Waals surface area (Å²) in [6.07, 6.45) is 4.68. The number of hydrogen-bond acceptors (Lipinski definition) is 6. The molecule has 4 rings (SSSR count). The fraction of sp³-hybridized carbons (Fsp3) is 0.625. The molecule has 2 aromatic rings. The minimum absolute atomic E-state index is 0.120. The van der Waals surface area contributed by atoms with Gasteiger partial charge < -0.3 is 10.2 Å². The lowest BCUT2D eigenvalue weighted by Crippen LogP contribution is -2.45. The number of fused-ring (bicyclic) bond motifs is 1. The Hall–Kier alpha value is -1.96. The van der Waals surface area contributed by atoms with Gasteiger partial charge >= 0.3 is 0 Å². The number of hydrogen-bond donors (Lipinski definition) is 1. The molecule has 0 bridgehead atoms. The first kappa shape index (κ1) is 15.6. The van der Waals surface area contributed by atoms with Crippen LogP contribution in [0.1, 0.15) is 38.3 Å². The van der Waals surface area contributed by atoms with Gasteiger partial charge in [0.05, 0.1) is 0 Å². The van der Waals surface area contributed by atoms with Crippen molar-refractivity contribution in [1.82, 2.24) is 19.9 Å². The molecule has 2 fully saturated rings. The molecule has 1 amide bonds. The Bertz CT molecular complexity index is 829. The van der Waals surface area contributed by atoms with E-state index in [2.05, 4.69) is 20.3 Å². The van der Waals surface area contributed by atoms with E-state index in [1.54, 1.807) is 6.07 Å². The molecule has 2 saturated heterocycles. The zero-order valence-corrected chi connectivity index (χ0v) is 14.5. The third-order valence-electron chi connectivity index (χ3n) is 5.00. The van der Waals surface area contributed by atoms with E-state index in [1.165, 1.54) is 22.3 Å². The summed E-state index contributed by atoms with van der Waals surface area (Å²) in [5.74, 6) is 0.459. The van der Waals surface area contributed by atoms with Crippen LogP contribution in [0.5, 0.6) is 0 Å². The molecule has 2 aliphatic rings. The molecule has 0 aliphatic carbocycles. The van der Waals surface area contributed by atoms with Crippen LogP contribution in [0.3, 0.4) is 0 Å². The number of nitrogens with one attached hydrogen (secondary N) is 1. The quantitative estimate of drug-likeness (QED) is 0.903. The van der Waals surface area contributed by atoms with Crippen molar-refractivity contribution < 1.29 is 4.79 Å². The third-order valence-corrected chi connectivity index (χ3v) is 5.94. The zero-order chi connectivity index (χ0) is 16.7. The number of anilines is 1. The first-order valence-electron chi connectivity index (χ1n) is 8.59. The van der Waals surface area contributed by atoms with Crippen LogP contribution in [0.25, 0.3) is 4.96 Å². The number of rotatable bonds is 3. The molecule has 2 atom stereocenters. The Labute approximate surface area is 143 Å².